The van der Waals surface area contributed by atoms with E-state index in [9.17, 15) is 0 Å². The first kappa shape index (κ1) is 16.3. The van der Waals surface area contributed by atoms with Gasteiger partial charge in [-0.05, 0) is 5.56 Å². The van der Waals surface area contributed by atoms with E-state index in [0.717, 1.165) is 16.2 Å². The van der Waals surface area contributed by atoms with Gasteiger partial charge in [0.2, 0.25) is 0 Å². The quantitative estimate of drug-likeness (QED) is 0.672. The average molecular weight is 391 g/mol. The molecule has 6 nitrogen and oxygen atoms in total. The van der Waals surface area contributed by atoms with Crippen LogP contribution in [0.4, 0.5) is 17.3 Å². The summed E-state index contributed by atoms with van der Waals surface area (Å²) in [5, 5.41) is 3.73. The fourth-order valence-electron chi connectivity index (χ4n) is 2.67. The predicted molar refractivity (Wildman–Crippen MR) is 102 cm³/mol. The Kier molecular flexibility index (Phi) is 4.29. The first-order valence-corrected chi connectivity index (χ1v) is 9.01. The lowest BCUT2D eigenvalue weighted by Gasteiger charge is -2.16. The summed E-state index contributed by atoms with van der Waals surface area (Å²) in [6, 6.07) is 9.72. The number of nitrogens with zero attached hydrogens (tertiary/aromatic N) is 4. The molecule has 3 N–H and O–H groups in total. The zero-order valence-electron chi connectivity index (χ0n) is 12.8. The van der Waals surface area contributed by atoms with Gasteiger partial charge in [0.1, 0.15) is 17.2 Å². The summed E-state index contributed by atoms with van der Waals surface area (Å²) < 4.78 is 0.395. The molecular weight excluding hydrogens is 379 g/mol. The molecule has 0 amide bonds. The van der Waals surface area contributed by atoms with Crippen molar-refractivity contribution >= 4 is 57.6 Å². The van der Waals surface area contributed by atoms with Crippen molar-refractivity contribution < 1.29 is 0 Å². The lowest BCUT2D eigenvalue weighted by molar-refractivity contribution is 0.837. The highest BCUT2D eigenvalue weighted by molar-refractivity contribution is 7.16. The molecule has 0 aliphatic carbocycles. The van der Waals surface area contributed by atoms with Crippen molar-refractivity contribution in [3.63, 3.8) is 0 Å². The second-order valence-corrected chi connectivity index (χ2v) is 7.37. The van der Waals surface area contributed by atoms with E-state index in [4.69, 9.17) is 33.9 Å². The van der Waals surface area contributed by atoms with Crippen molar-refractivity contribution in [2.24, 2.45) is 4.99 Å². The molecule has 0 saturated carbocycles. The number of hydrogen-bond acceptors (Lipinski definition) is 7. The SMILES string of the molecule is Nc1ncnc2c1N=C(c1ccccc1)CC(c1sc(Cl)nc1Cl)N2. The summed E-state index contributed by atoms with van der Waals surface area (Å²) in [6.07, 6.45) is 1.99. The lowest BCUT2D eigenvalue weighted by atomic mass is 10.0. The minimum absolute atomic E-state index is 0.174. The Hall–Kier alpha value is -2.22. The number of anilines is 2. The number of nitrogen functional groups attached to an aromatic ring is 1. The molecule has 1 atom stereocenters. The topological polar surface area (TPSA) is 89.1 Å². The van der Waals surface area contributed by atoms with Gasteiger partial charge in [0.15, 0.2) is 16.1 Å². The Labute approximate surface area is 157 Å². The summed E-state index contributed by atoms with van der Waals surface area (Å²) in [4.78, 5) is 18.0. The predicted octanol–water partition coefficient (Wildman–Crippen LogP) is 4.50. The Morgan fingerprint density at radius 2 is 1.96 bits per heavy atom. The van der Waals surface area contributed by atoms with E-state index in [1.807, 2.05) is 30.3 Å². The van der Waals surface area contributed by atoms with Crippen LogP contribution in [0, 0.1) is 0 Å². The summed E-state index contributed by atoms with van der Waals surface area (Å²) in [5.41, 5.74) is 8.40. The van der Waals surface area contributed by atoms with Crippen LogP contribution in [0.1, 0.15) is 22.9 Å². The molecule has 3 heterocycles. The average Bonchev–Trinajstić information content (AvgIpc) is 2.83. The van der Waals surface area contributed by atoms with Gasteiger partial charge >= 0.3 is 0 Å². The number of hydrogen-bond donors (Lipinski definition) is 2. The maximum Gasteiger partial charge on any atom is 0.185 e. The van der Waals surface area contributed by atoms with E-state index < -0.39 is 0 Å². The molecule has 0 fully saturated rings. The number of aliphatic imine (C=N–C) groups is 1. The Morgan fingerprint density at radius 1 is 1.16 bits per heavy atom. The Bertz CT molecular complexity index is 957. The molecule has 0 bridgehead atoms. The van der Waals surface area contributed by atoms with Crippen molar-refractivity contribution in [2.45, 2.75) is 12.5 Å². The molecule has 4 rings (SSSR count). The van der Waals surface area contributed by atoms with Crippen LogP contribution in [0.3, 0.4) is 0 Å². The van der Waals surface area contributed by atoms with E-state index in [1.54, 1.807) is 0 Å². The number of nitrogens with two attached hydrogens (primary N) is 1. The maximum absolute atomic E-state index is 6.26. The second kappa shape index (κ2) is 6.59. The van der Waals surface area contributed by atoms with E-state index in [-0.39, 0.29) is 6.04 Å². The minimum atomic E-state index is -0.174. The number of nitrogens with one attached hydrogen (secondary N) is 1. The van der Waals surface area contributed by atoms with Crippen LogP contribution in [0.5, 0.6) is 0 Å². The largest absolute Gasteiger partial charge is 0.382 e. The Balaban J connectivity index is 1.86. The normalized spacial score (nSPS) is 16.6. The second-order valence-electron chi connectivity index (χ2n) is 5.40. The maximum atomic E-state index is 6.26. The fraction of sp³-hybridized carbons (Fsp3) is 0.125. The van der Waals surface area contributed by atoms with Gasteiger partial charge in [-0.1, -0.05) is 53.5 Å². The lowest BCUT2D eigenvalue weighted by Crippen LogP contribution is -2.14. The van der Waals surface area contributed by atoms with Crippen LogP contribution in [-0.4, -0.2) is 20.7 Å². The molecule has 0 radical (unpaired) electrons. The van der Waals surface area contributed by atoms with Crippen molar-refractivity contribution in [3.8, 4) is 0 Å². The molecule has 9 heteroatoms. The summed E-state index contributed by atoms with van der Waals surface area (Å²) in [5.74, 6) is 0.879. The highest BCUT2D eigenvalue weighted by Crippen LogP contribution is 2.40. The van der Waals surface area contributed by atoms with Crippen LogP contribution >= 0.6 is 34.5 Å². The zero-order valence-corrected chi connectivity index (χ0v) is 15.1. The highest BCUT2D eigenvalue weighted by atomic mass is 35.5. The molecular formula is C16H12Cl2N6S. The number of halogens is 2. The van der Waals surface area contributed by atoms with Gasteiger partial charge in [0, 0.05) is 6.42 Å². The van der Waals surface area contributed by atoms with E-state index in [1.165, 1.54) is 17.7 Å². The summed E-state index contributed by atoms with van der Waals surface area (Å²) >= 11 is 13.6. The number of rotatable bonds is 2. The van der Waals surface area contributed by atoms with Crippen LogP contribution < -0.4 is 11.1 Å². The van der Waals surface area contributed by atoms with Crippen LogP contribution in [-0.2, 0) is 0 Å². The van der Waals surface area contributed by atoms with Crippen LogP contribution in [0.25, 0.3) is 0 Å². The van der Waals surface area contributed by atoms with E-state index >= 15 is 0 Å². The van der Waals surface area contributed by atoms with Crippen molar-refractivity contribution in [1.29, 1.82) is 0 Å². The summed E-state index contributed by atoms with van der Waals surface area (Å²) in [6.45, 7) is 0. The van der Waals surface area contributed by atoms with Gasteiger partial charge in [0.05, 0.1) is 16.6 Å². The van der Waals surface area contributed by atoms with Gasteiger partial charge in [-0.15, -0.1) is 11.3 Å². The standard InChI is InChI=1S/C16H12Cl2N6S/c17-13-12(25-16(18)24-13)10-6-9(8-4-2-1-3-5-8)22-11-14(19)20-7-21-15(11)23-10/h1-5,7,10H,6H2,(H3,19,20,21,23). The monoisotopic (exact) mass is 390 g/mol. The van der Waals surface area contributed by atoms with Gasteiger partial charge in [-0.25, -0.2) is 19.9 Å². The zero-order chi connectivity index (χ0) is 17.4. The van der Waals surface area contributed by atoms with Crippen molar-refractivity contribution in [2.75, 3.05) is 11.1 Å². The molecule has 1 aromatic carbocycles. The first-order valence-electron chi connectivity index (χ1n) is 7.43. The number of fused-ring (bicyclic) bond motifs is 1. The van der Waals surface area contributed by atoms with Gasteiger partial charge in [-0.2, -0.15) is 0 Å². The van der Waals surface area contributed by atoms with Crippen molar-refractivity contribution in [1.82, 2.24) is 15.0 Å². The molecule has 3 aromatic rings. The molecule has 1 aliphatic heterocycles. The molecule has 1 unspecified atom stereocenters. The van der Waals surface area contributed by atoms with Crippen molar-refractivity contribution in [3.05, 3.63) is 56.7 Å². The molecule has 25 heavy (non-hydrogen) atoms. The molecule has 0 saturated heterocycles. The number of thiazole rings is 1. The van der Waals surface area contributed by atoms with Crippen LogP contribution in [0.2, 0.25) is 9.62 Å². The van der Waals surface area contributed by atoms with Crippen LogP contribution in [0.15, 0.2) is 41.7 Å². The summed E-state index contributed by atoms with van der Waals surface area (Å²) in [7, 11) is 0. The molecule has 2 aromatic heterocycles. The van der Waals surface area contributed by atoms with E-state index in [2.05, 4.69) is 20.3 Å². The minimum Gasteiger partial charge on any atom is -0.382 e. The van der Waals surface area contributed by atoms with Gasteiger partial charge in [-0.3, -0.25) is 0 Å². The third-order valence-corrected chi connectivity index (χ3v) is 5.49. The highest BCUT2D eigenvalue weighted by Gasteiger charge is 2.27. The van der Waals surface area contributed by atoms with Gasteiger partial charge < -0.3 is 11.1 Å². The first-order chi connectivity index (χ1) is 12.1. The van der Waals surface area contributed by atoms with E-state index in [0.29, 0.717) is 33.4 Å². The fourth-order valence-corrected chi connectivity index (χ4v) is 4.16. The number of benzene rings is 1. The molecule has 1 aliphatic rings. The third kappa shape index (κ3) is 3.18. The molecule has 0 spiro atoms. The smallest absolute Gasteiger partial charge is 0.185 e. The number of aromatic nitrogens is 3. The van der Waals surface area contributed by atoms with Gasteiger partial charge in [0.25, 0.3) is 0 Å². The third-order valence-electron chi connectivity index (χ3n) is 3.81. The Morgan fingerprint density at radius 3 is 2.68 bits per heavy atom. The molecule has 126 valence electrons.